The summed E-state index contributed by atoms with van der Waals surface area (Å²) < 4.78 is 10.8. The Labute approximate surface area is 107 Å². The third kappa shape index (κ3) is 3.34. The summed E-state index contributed by atoms with van der Waals surface area (Å²) in [5.74, 6) is 0. The minimum atomic E-state index is -1.04. The monoisotopic (exact) mass is 261 g/mol. The molecule has 2 atom stereocenters. The van der Waals surface area contributed by atoms with Gasteiger partial charge >= 0.3 is 6.09 Å². The second-order valence-electron chi connectivity index (χ2n) is 5.93. The molecule has 0 aromatic carbocycles. The van der Waals surface area contributed by atoms with Crippen molar-refractivity contribution in [3.63, 3.8) is 0 Å². The van der Waals surface area contributed by atoms with Crippen LogP contribution in [0.3, 0.4) is 0 Å². The van der Waals surface area contributed by atoms with Gasteiger partial charge in [-0.3, -0.25) is 4.90 Å². The van der Waals surface area contributed by atoms with E-state index in [9.17, 15) is 9.90 Å². The molecule has 0 spiro atoms. The average molecular weight is 261 g/mol. The fraction of sp³-hybridized carbons (Fsp3) is 0.917. The summed E-state index contributed by atoms with van der Waals surface area (Å²) in [6.45, 7) is 8.50. The molecule has 2 N–H and O–H groups in total. The topological polar surface area (TPSA) is 79.2 Å². The van der Waals surface area contributed by atoms with Crippen LogP contribution in [0.25, 0.3) is 0 Å². The first-order valence-corrected chi connectivity index (χ1v) is 6.03. The Hall–Kier alpha value is -0.850. The fourth-order valence-corrected chi connectivity index (χ4v) is 1.90. The Kier molecular flexibility index (Phi) is 4.25. The van der Waals surface area contributed by atoms with Gasteiger partial charge in [0.25, 0.3) is 0 Å². The Morgan fingerprint density at radius 1 is 1.56 bits per heavy atom. The lowest BCUT2D eigenvalue weighted by molar-refractivity contribution is -0.0698. The van der Waals surface area contributed by atoms with Crippen molar-refractivity contribution in [2.45, 2.75) is 58.1 Å². The molecule has 0 saturated carbocycles. The van der Waals surface area contributed by atoms with Crippen LogP contribution in [-0.4, -0.2) is 57.9 Å². The van der Waals surface area contributed by atoms with Gasteiger partial charge in [0.15, 0.2) is 0 Å². The molecule has 1 rings (SSSR count). The maximum Gasteiger partial charge on any atom is 0.412 e. The van der Waals surface area contributed by atoms with Crippen molar-refractivity contribution in [1.29, 1.82) is 0 Å². The van der Waals surface area contributed by atoms with Gasteiger partial charge in [-0.05, 0) is 34.6 Å². The molecule has 0 aliphatic carbocycles. The van der Waals surface area contributed by atoms with E-state index in [1.807, 2.05) is 0 Å². The molecule has 6 heteroatoms. The summed E-state index contributed by atoms with van der Waals surface area (Å²) in [6.07, 6.45) is -1.60. The Morgan fingerprint density at radius 3 is 2.56 bits per heavy atom. The van der Waals surface area contributed by atoms with Gasteiger partial charge in [-0.2, -0.15) is 0 Å². The summed E-state index contributed by atoms with van der Waals surface area (Å²) >= 11 is 0. The number of aliphatic hydroxyl groups is 2. The number of nitrogens with zero attached hydrogens (tertiary/aromatic N) is 1. The third-order valence-corrected chi connectivity index (χ3v) is 2.74. The third-order valence-electron chi connectivity index (χ3n) is 2.74. The number of hydrogen-bond acceptors (Lipinski definition) is 5. The van der Waals surface area contributed by atoms with E-state index in [1.54, 1.807) is 34.6 Å². The molecule has 1 saturated heterocycles. The average Bonchev–Trinajstić information content (AvgIpc) is 2.50. The number of ether oxygens (including phenoxy) is 2. The number of carbonyl (C=O) groups is 1. The maximum atomic E-state index is 12.1. The number of aliphatic hydroxyl groups excluding tert-OH is 2. The molecule has 0 aromatic heterocycles. The van der Waals surface area contributed by atoms with Crippen molar-refractivity contribution in [3.8, 4) is 0 Å². The van der Waals surface area contributed by atoms with Gasteiger partial charge in [-0.25, -0.2) is 4.79 Å². The first kappa shape index (κ1) is 15.2. The normalized spacial score (nSPS) is 25.1. The van der Waals surface area contributed by atoms with Gasteiger partial charge in [0, 0.05) is 0 Å². The number of hydrogen-bond donors (Lipinski definition) is 2. The molecule has 1 heterocycles. The molecular weight excluding hydrogens is 238 g/mol. The van der Waals surface area contributed by atoms with Crippen LogP contribution in [0.4, 0.5) is 4.79 Å². The van der Waals surface area contributed by atoms with Crippen LogP contribution in [-0.2, 0) is 9.47 Å². The summed E-state index contributed by atoms with van der Waals surface area (Å²) in [5, 5.41) is 18.7. The zero-order valence-corrected chi connectivity index (χ0v) is 11.6. The van der Waals surface area contributed by atoms with Gasteiger partial charge in [0.1, 0.15) is 11.3 Å². The highest BCUT2D eigenvalue weighted by molar-refractivity contribution is 5.69. The number of carbonyl (C=O) groups excluding carboxylic acids is 1. The van der Waals surface area contributed by atoms with E-state index in [1.165, 1.54) is 4.90 Å². The van der Waals surface area contributed by atoms with Crippen molar-refractivity contribution < 1.29 is 24.5 Å². The lowest BCUT2D eigenvalue weighted by Gasteiger charge is -2.36. The molecule has 0 aromatic rings. The van der Waals surface area contributed by atoms with Crippen LogP contribution >= 0.6 is 0 Å². The van der Waals surface area contributed by atoms with E-state index >= 15 is 0 Å². The lowest BCUT2D eigenvalue weighted by Crippen LogP contribution is -2.54. The molecule has 0 bridgehead atoms. The predicted octanol–water partition coefficient (Wildman–Crippen LogP) is 0.712. The van der Waals surface area contributed by atoms with Crippen LogP contribution in [0.2, 0.25) is 0 Å². The fourth-order valence-electron chi connectivity index (χ4n) is 1.90. The highest BCUT2D eigenvalue weighted by Crippen LogP contribution is 2.30. The van der Waals surface area contributed by atoms with E-state index in [4.69, 9.17) is 14.6 Å². The molecule has 1 fully saturated rings. The number of amides is 1. The van der Waals surface area contributed by atoms with Crippen LogP contribution in [0, 0.1) is 0 Å². The standard InChI is InChI=1S/C12H23NO5/c1-11(2,3)18-10(16)13-8(9(15)6-14)7-17-12(13,4)5/h8-9,14-15H,6-7H2,1-5H3/t8-,9-/m0/s1. The highest BCUT2D eigenvalue weighted by Gasteiger charge is 2.48. The summed E-state index contributed by atoms with van der Waals surface area (Å²) in [7, 11) is 0. The number of rotatable bonds is 2. The molecule has 1 amide bonds. The zero-order valence-electron chi connectivity index (χ0n) is 11.6. The van der Waals surface area contributed by atoms with Crippen LogP contribution in [0.1, 0.15) is 34.6 Å². The minimum Gasteiger partial charge on any atom is -0.444 e. The van der Waals surface area contributed by atoms with Crippen molar-refractivity contribution >= 4 is 6.09 Å². The van der Waals surface area contributed by atoms with Gasteiger partial charge in [-0.1, -0.05) is 0 Å². The van der Waals surface area contributed by atoms with Crippen molar-refractivity contribution in [3.05, 3.63) is 0 Å². The Balaban J connectivity index is 2.88. The first-order chi connectivity index (χ1) is 8.08. The van der Waals surface area contributed by atoms with E-state index in [0.29, 0.717) is 0 Å². The quantitative estimate of drug-likeness (QED) is 0.765. The molecule has 1 aliphatic heterocycles. The van der Waals surface area contributed by atoms with E-state index in [2.05, 4.69) is 0 Å². The zero-order chi connectivity index (χ0) is 14.1. The predicted molar refractivity (Wildman–Crippen MR) is 65.0 cm³/mol. The summed E-state index contributed by atoms with van der Waals surface area (Å²) in [4.78, 5) is 13.5. The minimum absolute atomic E-state index is 0.175. The van der Waals surface area contributed by atoms with Gasteiger partial charge in [-0.15, -0.1) is 0 Å². The van der Waals surface area contributed by atoms with Crippen molar-refractivity contribution in [1.82, 2.24) is 4.90 Å². The van der Waals surface area contributed by atoms with Crippen LogP contribution < -0.4 is 0 Å². The largest absolute Gasteiger partial charge is 0.444 e. The van der Waals surface area contributed by atoms with E-state index in [-0.39, 0.29) is 6.61 Å². The van der Waals surface area contributed by atoms with E-state index < -0.39 is 36.2 Å². The summed E-state index contributed by atoms with van der Waals surface area (Å²) in [5.41, 5.74) is -1.48. The molecule has 6 nitrogen and oxygen atoms in total. The van der Waals surface area contributed by atoms with Crippen LogP contribution in [0.15, 0.2) is 0 Å². The Bertz CT molecular complexity index is 310. The van der Waals surface area contributed by atoms with Gasteiger partial charge < -0.3 is 19.7 Å². The first-order valence-electron chi connectivity index (χ1n) is 6.03. The Morgan fingerprint density at radius 2 is 2.11 bits per heavy atom. The van der Waals surface area contributed by atoms with Crippen molar-refractivity contribution in [2.75, 3.05) is 13.2 Å². The van der Waals surface area contributed by atoms with Crippen molar-refractivity contribution in [2.24, 2.45) is 0 Å². The SMILES string of the molecule is CC(C)(C)OC(=O)N1[C@H]([C@@H](O)CO)COC1(C)C. The molecule has 0 radical (unpaired) electrons. The molecule has 18 heavy (non-hydrogen) atoms. The molecular formula is C12H23NO5. The molecule has 0 unspecified atom stereocenters. The van der Waals surface area contributed by atoms with Gasteiger partial charge in [0.05, 0.1) is 25.4 Å². The summed E-state index contributed by atoms with van der Waals surface area (Å²) in [6, 6.07) is -0.597. The second kappa shape index (κ2) is 5.03. The molecule has 1 aliphatic rings. The lowest BCUT2D eigenvalue weighted by atomic mass is 10.1. The smallest absolute Gasteiger partial charge is 0.412 e. The van der Waals surface area contributed by atoms with Gasteiger partial charge in [0.2, 0.25) is 0 Å². The molecule has 106 valence electrons. The second-order valence-corrected chi connectivity index (χ2v) is 5.93. The van der Waals surface area contributed by atoms with E-state index in [0.717, 1.165) is 0 Å². The van der Waals surface area contributed by atoms with Crippen LogP contribution in [0.5, 0.6) is 0 Å². The maximum absolute atomic E-state index is 12.1. The highest BCUT2D eigenvalue weighted by atomic mass is 16.6.